The van der Waals surface area contributed by atoms with Crippen molar-refractivity contribution in [1.29, 1.82) is 0 Å². The molecular weight excluding hydrogens is 298 g/mol. The molecule has 0 fully saturated rings. The topological polar surface area (TPSA) is 17.1 Å². The van der Waals surface area contributed by atoms with Crippen LogP contribution in [0.15, 0.2) is 24.3 Å². The van der Waals surface area contributed by atoms with Crippen molar-refractivity contribution in [1.82, 2.24) is 0 Å². The molecule has 0 heterocycles. The van der Waals surface area contributed by atoms with Crippen molar-refractivity contribution in [2.75, 3.05) is 0 Å². The number of benzene rings is 1. The molecule has 7 heteroatoms. The van der Waals surface area contributed by atoms with E-state index in [4.69, 9.17) is 0 Å². The van der Waals surface area contributed by atoms with Crippen molar-refractivity contribution in [2.45, 2.75) is 32.6 Å². The van der Waals surface area contributed by atoms with Gasteiger partial charge in [-0.2, -0.15) is 26.3 Å². The first-order valence-electron chi connectivity index (χ1n) is 6.19. The Morgan fingerprint density at radius 2 is 1.38 bits per heavy atom. The summed E-state index contributed by atoms with van der Waals surface area (Å²) in [4.78, 5) is 11.5. The minimum absolute atomic E-state index is 0.282. The molecule has 0 aliphatic rings. The Hall–Kier alpha value is -1.53. The summed E-state index contributed by atoms with van der Waals surface area (Å²) in [6.45, 7) is 3.84. The number of Topliss-reactive ketones (excluding diaryl/α,β-unsaturated/α-hetero) is 1. The van der Waals surface area contributed by atoms with Gasteiger partial charge < -0.3 is 0 Å². The van der Waals surface area contributed by atoms with Crippen LogP contribution < -0.4 is 0 Å². The lowest BCUT2D eigenvalue weighted by molar-refractivity contribution is -0.264. The number of carbonyl (C=O) groups is 1. The van der Waals surface area contributed by atoms with E-state index in [9.17, 15) is 31.1 Å². The fraction of sp³-hybridized carbons (Fsp3) is 0.500. The summed E-state index contributed by atoms with van der Waals surface area (Å²) in [5.74, 6) is -5.68. The lowest BCUT2D eigenvalue weighted by Crippen LogP contribution is -2.42. The summed E-state index contributed by atoms with van der Waals surface area (Å²) in [5, 5.41) is 0. The minimum Gasteiger partial charge on any atom is -0.293 e. The molecule has 0 radical (unpaired) electrons. The molecule has 0 unspecified atom stereocenters. The van der Waals surface area contributed by atoms with Crippen molar-refractivity contribution in [3.63, 3.8) is 0 Å². The van der Waals surface area contributed by atoms with E-state index in [1.165, 1.54) is 12.1 Å². The van der Waals surface area contributed by atoms with Crippen molar-refractivity contribution in [3.05, 3.63) is 35.4 Å². The maximum atomic E-state index is 12.5. The van der Waals surface area contributed by atoms with Gasteiger partial charge in [-0.3, -0.25) is 4.79 Å². The average Bonchev–Trinajstić information content (AvgIpc) is 2.24. The molecule has 1 nitrogen and oxygen atoms in total. The smallest absolute Gasteiger partial charge is 0.293 e. The molecule has 0 N–H and O–H groups in total. The molecular formula is C14H14F6O. The van der Waals surface area contributed by atoms with Gasteiger partial charge in [0.1, 0.15) is 0 Å². The highest BCUT2D eigenvalue weighted by Gasteiger charge is 2.60. The number of alkyl halides is 6. The van der Waals surface area contributed by atoms with E-state index in [0.717, 1.165) is 17.7 Å². The Kier molecular flexibility index (Phi) is 5.07. The second-order valence-electron chi connectivity index (χ2n) is 5.18. The predicted molar refractivity (Wildman–Crippen MR) is 64.9 cm³/mol. The summed E-state index contributed by atoms with van der Waals surface area (Å²) >= 11 is 0. The number of carbonyl (C=O) groups excluding carboxylic acids is 1. The van der Waals surface area contributed by atoms with Crippen molar-refractivity contribution in [3.8, 4) is 0 Å². The molecule has 1 rings (SSSR count). The van der Waals surface area contributed by atoms with Crippen LogP contribution >= 0.6 is 0 Å². The Morgan fingerprint density at radius 3 is 1.71 bits per heavy atom. The van der Waals surface area contributed by atoms with Crippen LogP contribution in [0.25, 0.3) is 0 Å². The molecule has 118 valence electrons. The van der Waals surface area contributed by atoms with Gasteiger partial charge in [-0.15, -0.1) is 0 Å². The fourth-order valence-electron chi connectivity index (χ4n) is 1.93. The molecule has 0 spiro atoms. The SMILES string of the molecule is CC(C)Cc1ccc(C(=O)C(C(F)(F)F)C(F)(F)F)cc1. The lowest BCUT2D eigenvalue weighted by atomic mass is 9.94. The normalized spacial score (nSPS) is 13.0. The van der Waals surface area contributed by atoms with Crippen LogP contribution in [0, 0.1) is 11.8 Å². The molecule has 0 bridgehead atoms. The third-order valence-electron chi connectivity index (χ3n) is 2.80. The maximum absolute atomic E-state index is 12.5. The molecule has 1 aromatic rings. The first kappa shape index (κ1) is 17.5. The minimum atomic E-state index is -5.66. The Morgan fingerprint density at radius 1 is 0.952 bits per heavy atom. The summed E-state index contributed by atoms with van der Waals surface area (Å²) in [6.07, 6.45) is -10.7. The zero-order valence-electron chi connectivity index (χ0n) is 11.3. The highest BCUT2D eigenvalue weighted by molar-refractivity contribution is 5.98. The zero-order valence-corrected chi connectivity index (χ0v) is 11.3. The summed E-state index contributed by atoms with van der Waals surface area (Å²) in [7, 11) is 0. The molecule has 0 aliphatic heterocycles. The summed E-state index contributed by atoms with van der Waals surface area (Å²) < 4.78 is 74.8. The van der Waals surface area contributed by atoms with E-state index in [1.54, 1.807) is 0 Å². The second kappa shape index (κ2) is 6.07. The molecule has 0 saturated heterocycles. The van der Waals surface area contributed by atoms with Gasteiger partial charge in [0.15, 0.2) is 5.78 Å². The molecule has 0 aliphatic carbocycles. The number of halogens is 6. The third kappa shape index (κ3) is 4.75. The largest absolute Gasteiger partial charge is 0.407 e. The fourth-order valence-corrected chi connectivity index (χ4v) is 1.93. The van der Waals surface area contributed by atoms with Gasteiger partial charge in [0.2, 0.25) is 5.92 Å². The van der Waals surface area contributed by atoms with Crippen molar-refractivity contribution in [2.24, 2.45) is 11.8 Å². The van der Waals surface area contributed by atoms with Crippen LogP contribution in [0.1, 0.15) is 29.8 Å². The van der Waals surface area contributed by atoms with Gasteiger partial charge in [0, 0.05) is 5.56 Å². The lowest BCUT2D eigenvalue weighted by Gasteiger charge is -2.21. The van der Waals surface area contributed by atoms with Gasteiger partial charge in [0.05, 0.1) is 0 Å². The first-order valence-corrected chi connectivity index (χ1v) is 6.19. The number of hydrogen-bond acceptors (Lipinski definition) is 1. The van der Waals surface area contributed by atoms with E-state index < -0.39 is 29.6 Å². The third-order valence-corrected chi connectivity index (χ3v) is 2.80. The first-order chi connectivity index (χ1) is 9.43. The molecule has 21 heavy (non-hydrogen) atoms. The van der Waals surface area contributed by atoms with Gasteiger partial charge in [-0.25, -0.2) is 0 Å². The van der Waals surface area contributed by atoms with Gasteiger partial charge in [0.25, 0.3) is 0 Å². The second-order valence-corrected chi connectivity index (χ2v) is 5.18. The molecule has 0 aromatic heterocycles. The monoisotopic (exact) mass is 312 g/mol. The van der Waals surface area contributed by atoms with Crippen LogP contribution in [0.5, 0.6) is 0 Å². The van der Waals surface area contributed by atoms with E-state index in [2.05, 4.69) is 0 Å². The van der Waals surface area contributed by atoms with Gasteiger partial charge >= 0.3 is 12.4 Å². The zero-order chi connectivity index (χ0) is 16.4. The van der Waals surface area contributed by atoms with Crippen LogP contribution in [0.2, 0.25) is 0 Å². The maximum Gasteiger partial charge on any atom is 0.407 e. The predicted octanol–water partition coefficient (Wildman–Crippen LogP) is 4.81. The van der Waals surface area contributed by atoms with Crippen LogP contribution in [-0.4, -0.2) is 18.1 Å². The average molecular weight is 312 g/mol. The highest BCUT2D eigenvalue weighted by atomic mass is 19.4. The molecule has 0 saturated carbocycles. The standard InChI is InChI=1S/C14H14F6O/c1-8(2)7-9-3-5-10(6-4-9)11(21)12(13(15,16)17)14(18,19)20/h3-6,8,12H,7H2,1-2H3. The van der Waals surface area contributed by atoms with E-state index in [-0.39, 0.29) is 5.92 Å². The Balaban J connectivity index is 3.05. The number of ketones is 1. The van der Waals surface area contributed by atoms with E-state index >= 15 is 0 Å². The molecule has 0 atom stereocenters. The van der Waals surface area contributed by atoms with Crippen LogP contribution in [0.3, 0.4) is 0 Å². The summed E-state index contributed by atoms with van der Waals surface area (Å²) in [5.41, 5.74) is 0.152. The van der Waals surface area contributed by atoms with Crippen LogP contribution in [-0.2, 0) is 6.42 Å². The Bertz CT molecular complexity index is 470. The van der Waals surface area contributed by atoms with Crippen molar-refractivity contribution < 1.29 is 31.1 Å². The molecule has 0 amide bonds. The van der Waals surface area contributed by atoms with E-state index in [1.807, 2.05) is 13.8 Å². The Labute approximate surface area is 118 Å². The van der Waals surface area contributed by atoms with E-state index in [0.29, 0.717) is 6.42 Å². The number of hydrogen-bond donors (Lipinski definition) is 0. The highest BCUT2D eigenvalue weighted by Crippen LogP contribution is 2.41. The van der Waals surface area contributed by atoms with Crippen LogP contribution in [0.4, 0.5) is 26.3 Å². The molecule has 1 aromatic carbocycles. The quantitative estimate of drug-likeness (QED) is 0.576. The summed E-state index contributed by atoms with van der Waals surface area (Å²) in [6, 6.07) is 4.75. The van der Waals surface area contributed by atoms with Crippen molar-refractivity contribution >= 4 is 5.78 Å². The van der Waals surface area contributed by atoms with Gasteiger partial charge in [-0.1, -0.05) is 38.1 Å². The van der Waals surface area contributed by atoms with Gasteiger partial charge in [-0.05, 0) is 17.9 Å². The number of rotatable bonds is 4.